The summed E-state index contributed by atoms with van der Waals surface area (Å²) in [6.07, 6.45) is 2.31. The van der Waals surface area contributed by atoms with Crippen LogP contribution in [0.25, 0.3) is 0 Å². The summed E-state index contributed by atoms with van der Waals surface area (Å²) in [6, 6.07) is 1.63. The van der Waals surface area contributed by atoms with E-state index in [-0.39, 0.29) is 29.2 Å². The highest BCUT2D eigenvalue weighted by molar-refractivity contribution is 8.00. The van der Waals surface area contributed by atoms with E-state index in [1.165, 1.54) is 11.8 Å². The number of carbonyl (C=O) groups excluding carboxylic acids is 3. The summed E-state index contributed by atoms with van der Waals surface area (Å²) in [5.74, 6) is 1.24. The van der Waals surface area contributed by atoms with Gasteiger partial charge in [0.05, 0.1) is 11.5 Å². The fraction of sp³-hybridized carbons (Fsp3) is 0.600. The second-order valence-electron chi connectivity index (χ2n) is 5.55. The molecular weight excluding hydrogens is 332 g/mol. The third-order valence-electron chi connectivity index (χ3n) is 3.46. The zero-order valence-corrected chi connectivity index (χ0v) is 14.5. The normalized spacial score (nSPS) is 14.0. The zero-order chi connectivity index (χ0) is 17.4. The van der Waals surface area contributed by atoms with Crippen LogP contribution >= 0.6 is 11.8 Å². The molecule has 2 rings (SSSR count). The van der Waals surface area contributed by atoms with Gasteiger partial charge in [-0.1, -0.05) is 5.16 Å². The summed E-state index contributed by atoms with van der Waals surface area (Å²) in [4.78, 5) is 36.6. The Morgan fingerprint density at radius 1 is 1.38 bits per heavy atom. The number of carbonyl (C=O) groups is 3. The van der Waals surface area contributed by atoms with Crippen LogP contribution in [-0.4, -0.2) is 58.9 Å². The van der Waals surface area contributed by atoms with Crippen molar-refractivity contribution < 1.29 is 18.9 Å². The molecule has 1 saturated heterocycles. The number of nitrogens with zero attached hydrogens (tertiary/aromatic N) is 2. The van der Waals surface area contributed by atoms with E-state index in [9.17, 15) is 14.4 Å². The number of hydrogen-bond donors (Lipinski definition) is 2. The lowest BCUT2D eigenvalue weighted by molar-refractivity contribution is -0.127. The SMILES string of the molecule is Cc1cc(NC(=O)CSCC(=O)NCCCN2CCCC2=O)no1. The molecule has 1 aromatic rings. The quantitative estimate of drug-likeness (QED) is 0.635. The summed E-state index contributed by atoms with van der Waals surface area (Å²) in [5.41, 5.74) is 0. The maximum absolute atomic E-state index is 11.7. The number of anilines is 1. The first-order chi connectivity index (χ1) is 11.5. The molecule has 1 aliphatic rings. The highest BCUT2D eigenvalue weighted by atomic mass is 32.2. The number of amides is 3. The molecule has 3 amide bonds. The third-order valence-corrected chi connectivity index (χ3v) is 4.39. The third kappa shape index (κ3) is 6.23. The van der Waals surface area contributed by atoms with Gasteiger partial charge in [-0.2, -0.15) is 0 Å². The maximum Gasteiger partial charge on any atom is 0.235 e. The van der Waals surface area contributed by atoms with Crippen LogP contribution in [0.2, 0.25) is 0 Å². The molecule has 0 radical (unpaired) electrons. The van der Waals surface area contributed by atoms with E-state index in [2.05, 4.69) is 15.8 Å². The number of likely N-dealkylation sites (tertiary alicyclic amines) is 1. The van der Waals surface area contributed by atoms with Gasteiger partial charge in [0, 0.05) is 32.1 Å². The van der Waals surface area contributed by atoms with Gasteiger partial charge in [-0.3, -0.25) is 14.4 Å². The predicted molar refractivity (Wildman–Crippen MR) is 90.6 cm³/mol. The molecule has 24 heavy (non-hydrogen) atoms. The standard InChI is InChI=1S/C15H22N4O4S/c1-11-8-12(18-23-11)17-14(21)10-24-9-13(20)16-5-3-7-19-6-2-4-15(19)22/h8H,2-7,9-10H2,1H3,(H,16,20)(H,17,18,21). The number of hydrogen-bond acceptors (Lipinski definition) is 6. The maximum atomic E-state index is 11.7. The van der Waals surface area contributed by atoms with Crippen LogP contribution in [0, 0.1) is 6.92 Å². The molecule has 0 atom stereocenters. The summed E-state index contributed by atoms with van der Waals surface area (Å²) >= 11 is 1.23. The molecule has 2 N–H and O–H groups in total. The Morgan fingerprint density at radius 2 is 2.17 bits per heavy atom. The van der Waals surface area contributed by atoms with E-state index in [0.717, 1.165) is 19.4 Å². The van der Waals surface area contributed by atoms with Crippen LogP contribution in [-0.2, 0) is 14.4 Å². The minimum absolute atomic E-state index is 0.113. The van der Waals surface area contributed by atoms with Gasteiger partial charge in [-0.05, 0) is 19.8 Å². The van der Waals surface area contributed by atoms with Crippen molar-refractivity contribution >= 4 is 35.3 Å². The Kier molecular flexibility index (Phi) is 7.10. The fourth-order valence-electron chi connectivity index (χ4n) is 2.33. The lowest BCUT2D eigenvalue weighted by Gasteiger charge is -2.15. The van der Waals surface area contributed by atoms with Crippen molar-refractivity contribution in [2.24, 2.45) is 0 Å². The first-order valence-electron chi connectivity index (χ1n) is 7.90. The molecule has 132 valence electrons. The number of aryl methyl sites for hydroxylation is 1. The fourth-order valence-corrected chi connectivity index (χ4v) is 2.98. The Morgan fingerprint density at radius 3 is 2.83 bits per heavy atom. The highest BCUT2D eigenvalue weighted by Gasteiger charge is 2.19. The molecule has 2 heterocycles. The molecule has 1 fully saturated rings. The van der Waals surface area contributed by atoms with E-state index in [1.54, 1.807) is 13.0 Å². The van der Waals surface area contributed by atoms with Gasteiger partial charge in [0.25, 0.3) is 0 Å². The molecule has 0 saturated carbocycles. The van der Waals surface area contributed by atoms with Crippen molar-refractivity contribution in [2.75, 3.05) is 36.5 Å². The topological polar surface area (TPSA) is 105 Å². The van der Waals surface area contributed by atoms with Gasteiger partial charge >= 0.3 is 0 Å². The summed E-state index contributed by atoms with van der Waals surface area (Å²) in [6.45, 7) is 3.78. The van der Waals surface area contributed by atoms with Gasteiger partial charge < -0.3 is 20.1 Å². The molecule has 0 spiro atoms. The summed E-state index contributed by atoms with van der Waals surface area (Å²) in [7, 11) is 0. The van der Waals surface area contributed by atoms with E-state index < -0.39 is 0 Å². The number of nitrogens with one attached hydrogen (secondary N) is 2. The van der Waals surface area contributed by atoms with Crippen molar-refractivity contribution in [3.8, 4) is 0 Å². The molecule has 8 nitrogen and oxygen atoms in total. The van der Waals surface area contributed by atoms with Gasteiger partial charge in [0.1, 0.15) is 5.76 Å². The average molecular weight is 354 g/mol. The van der Waals surface area contributed by atoms with Gasteiger partial charge in [0.2, 0.25) is 17.7 Å². The van der Waals surface area contributed by atoms with E-state index in [4.69, 9.17) is 4.52 Å². The van der Waals surface area contributed by atoms with Crippen molar-refractivity contribution in [3.63, 3.8) is 0 Å². The lowest BCUT2D eigenvalue weighted by Crippen LogP contribution is -2.31. The minimum atomic E-state index is -0.228. The smallest absolute Gasteiger partial charge is 0.235 e. The monoisotopic (exact) mass is 354 g/mol. The van der Waals surface area contributed by atoms with Crippen molar-refractivity contribution in [1.82, 2.24) is 15.4 Å². The number of aromatic nitrogens is 1. The van der Waals surface area contributed by atoms with Crippen LogP contribution in [0.15, 0.2) is 10.6 Å². The van der Waals surface area contributed by atoms with Crippen molar-refractivity contribution in [3.05, 3.63) is 11.8 Å². The van der Waals surface area contributed by atoms with Crippen LogP contribution in [0.3, 0.4) is 0 Å². The molecule has 0 aromatic carbocycles. The Labute approximate surface area is 144 Å². The Balaban J connectivity index is 1.50. The van der Waals surface area contributed by atoms with Gasteiger partial charge in [0.15, 0.2) is 5.82 Å². The Bertz CT molecular complexity index is 590. The number of rotatable bonds is 9. The van der Waals surface area contributed by atoms with Crippen LogP contribution < -0.4 is 10.6 Å². The van der Waals surface area contributed by atoms with Crippen molar-refractivity contribution in [1.29, 1.82) is 0 Å². The molecule has 1 aliphatic heterocycles. The molecule has 1 aromatic heterocycles. The van der Waals surface area contributed by atoms with Crippen molar-refractivity contribution in [2.45, 2.75) is 26.2 Å². The highest BCUT2D eigenvalue weighted by Crippen LogP contribution is 2.10. The molecule has 0 bridgehead atoms. The van der Waals surface area contributed by atoms with Gasteiger partial charge in [-0.25, -0.2) is 0 Å². The van der Waals surface area contributed by atoms with Crippen LogP contribution in [0.1, 0.15) is 25.0 Å². The molecule has 0 aliphatic carbocycles. The summed E-state index contributed by atoms with van der Waals surface area (Å²) < 4.78 is 4.85. The molecular formula is C15H22N4O4S. The van der Waals surface area contributed by atoms with Crippen LogP contribution in [0.4, 0.5) is 5.82 Å². The first-order valence-corrected chi connectivity index (χ1v) is 9.05. The minimum Gasteiger partial charge on any atom is -0.360 e. The van der Waals surface area contributed by atoms with E-state index >= 15 is 0 Å². The average Bonchev–Trinajstić information content (AvgIpc) is 3.12. The van der Waals surface area contributed by atoms with E-state index in [1.807, 2.05) is 4.90 Å². The van der Waals surface area contributed by atoms with E-state index in [0.29, 0.717) is 31.1 Å². The lowest BCUT2D eigenvalue weighted by atomic mass is 10.4. The number of thioether (sulfide) groups is 1. The molecule has 9 heteroatoms. The van der Waals surface area contributed by atoms with Crippen LogP contribution in [0.5, 0.6) is 0 Å². The Hall–Kier alpha value is -2.03. The van der Waals surface area contributed by atoms with Gasteiger partial charge in [-0.15, -0.1) is 11.8 Å². The first kappa shape index (κ1) is 18.3. The summed E-state index contributed by atoms with van der Waals surface area (Å²) in [5, 5.41) is 9.05. The second-order valence-corrected chi connectivity index (χ2v) is 6.54. The molecule has 0 unspecified atom stereocenters. The largest absolute Gasteiger partial charge is 0.360 e. The predicted octanol–water partition coefficient (Wildman–Crippen LogP) is 0.783. The zero-order valence-electron chi connectivity index (χ0n) is 13.7. The second kappa shape index (κ2) is 9.31.